The number of carbonyl (C=O) groups excluding carboxylic acids is 1. The Morgan fingerprint density at radius 2 is 1.96 bits per heavy atom. The summed E-state index contributed by atoms with van der Waals surface area (Å²) < 4.78 is 47.4. The van der Waals surface area contributed by atoms with Crippen molar-refractivity contribution in [3.63, 3.8) is 0 Å². The Morgan fingerprint density at radius 1 is 1.11 bits per heavy atom. The maximum Gasteiger partial charge on any atom is 0.273 e. The number of amides is 1. The van der Waals surface area contributed by atoms with E-state index in [0.717, 1.165) is 12.1 Å². The van der Waals surface area contributed by atoms with Crippen LogP contribution in [0, 0.1) is 11.6 Å². The SMILES string of the molecule is O=C(NCc1ccc(F)c(F)c1)c1coc(COc2ccc3c(c2)OCO3)n1. The molecule has 0 saturated carbocycles. The van der Waals surface area contributed by atoms with Gasteiger partial charge < -0.3 is 23.9 Å². The summed E-state index contributed by atoms with van der Waals surface area (Å²) in [5, 5.41) is 2.56. The maximum absolute atomic E-state index is 13.2. The number of benzene rings is 2. The van der Waals surface area contributed by atoms with E-state index in [2.05, 4.69) is 10.3 Å². The van der Waals surface area contributed by atoms with Gasteiger partial charge in [0.1, 0.15) is 12.0 Å². The van der Waals surface area contributed by atoms with Gasteiger partial charge in [-0.3, -0.25) is 4.79 Å². The van der Waals surface area contributed by atoms with Gasteiger partial charge >= 0.3 is 0 Å². The summed E-state index contributed by atoms with van der Waals surface area (Å²) in [5.41, 5.74) is 0.467. The number of halogens is 2. The number of hydrogen-bond donors (Lipinski definition) is 1. The molecule has 0 fully saturated rings. The van der Waals surface area contributed by atoms with Crippen molar-refractivity contribution >= 4 is 5.91 Å². The second kappa shape index (κ2) is 7.55. The maximum atomic E-state index is 13.2. The third kappa shape index (κ3) is 3.88. The van der Waals surface area contributed by atoms with Crippen molar-refractivity contribution in [1.29, 1.82) is 0 Å². The van der Waals surface area contributed by atoms with Crippen molar-refractivity contribution in [2.45, 2.75) is 13.2 Å². The van der Waals surface area contributed by atoms with Gasteiger partial charge in [0, 0.05) is 12.6 Å². The predicted octanol–water partition coefficient (Wildman–Crippen LogP) is 3.19. The lowest BCUT2D eigenvalue weighted by Crippen LogP contribution is -2.23. The number of aromatic nitrogens is 1. The van der Waals surface area contributed by atoms with E-state index in [0.29, 0.717) is 22.8 Å². The smallest absolute Gasteiger partial charge is 0.273 e. The van der Waals surface area contributed by atoms with Gasteiger partial charge in [0.05, 0.1) is 0 Å². The molecule has 3 aromatic rings. The summed E-state index contributed by atoms with van der Waals surface area (Å²) >= 11 is 0. The Kier molecular flexibility index (Phi) is 4.79. The molecule has 7 nitrogen and oxygen atoms in total. The first-order valence-corrected chi connectivity index (χ1v) is 8.27. The quantitative estimate of drug-likeness (QED) is 0.698. The van der Waals surface area contributed by atoms with E-state index in [1.54, 1.807) is 18.2 Å². The van der Waals surface area contributed by atoms with Gasteiger partial charge in [-0.2, -0.15) is 0 Å². The summed E-state index contributed by atoms with van der Waals surface area (Å²) in [6.45, 7) is 0.198. The first kappa shape index (κ1) is 17.8. The van der Waals surface area contributed by atoms with Crippen LogP contribution in [-0.4, -0.2) is 17.7 Å². The molecule has 1 amide bonds. The summed E-state index contributed by atoms with van der Waals surface area (Å²) in [7, 11) is 0. The van der Waals surface area contributed by atoms with Crippen LogP contribution in [0.25, 0.3) is 0 Å². The number of ether oxygens (including phenoxy) is 3. The minimum absolute atomic E-state index is 0.0100. The standard InChI is InChI=1S/C19H14F2N2O5/c20-13-3-1-11(5-14(13)21)7-22-19(24)15-8-26-18(23-15)9-25-12-2-4-16-17(6-12)28-10-27-16/h1-6,8H,7,9-10H2,(H,22,24). The number of nitrogens with one attached hydrogen (secondary N) is 1. The van der Waals surface area contributed by atoms with E-state index >= 15 is 0 Å². The lowest BCUT2D eigenvalue weighted by atomic mass is 10.2. The highest BCUT2D eigenvalue weighted by Gasteiger charge is 2.15. The van der Waals surface area contributed by atoms with E-state index in [9.17, 15) is 13.6 Å². The number of rotatable bonds is 6. The monoisotopic (exact) mass is 388 g/mol. The van der Waals surface area contributed by atoms with Crippen LogP contribution in [0.1, 0.15) is 21.9 Å². The minimum Gasteiger partial charge on any atom is -0.484 e. The molecule has 0 unspecified atom stereocenters. The van der Waals surface area contributed by atoms with Crippen molar-refractivity contribution in [2.24, 2.45) is 0 Å². The van der Waals surface area contributed by atoms with Crippen LogP contribution in [0.15, 0.2) is 47.1 Å². The van der Waals surface area contributed by atoms with Crippen LogP contribution in [0.5, 0.6) is 17.2 Å². The van der Waals surface area contributed by atoms with Gasteiger partial charge in [-0.25, -0.2) is 13.8 Å². The molecule has 1 aliphatic rings. The van der Waals surface area contributed by atoms with E-state index < -0.39 is 17.5 Å². The lowest BCUT2D eigenvalue weighted by Gasteiger charge is -2.04. The van der Waals surface area contributed by atoms with Crippen molar-refractivity contribution in [1.82, 2.24) is 10.3 Å². The second-order valence-corrected chi connectivity index (χ2v) is 5.86. The molecule has 0 saturated heterocycles. The van der Waals surface area contributed by atoms with Crippen molar-refractivity contribution in [3.8, 4) is 17.2 Å². The van der Waals surface area contributed by atoms with Crippen LogP contribution in [0.3, 0.4) is 0 Å². The lowest BCUT2D eigenvalue weighted by molar-refractivity contribution is 0.0945. The van der Waals surface area contributed by atoms with Crippen LogP contribution in [0.4, 0.5) is 8.78 Å². The molecule has 9 heteroatoms. The minimum atomic E-state index is -0.976. The number of fused-ring (bicyclic) bond motifs is 1. The first-order valence-electron chi connectivity index (χ1n) is 8.27. The number of oxazole rings is 1. The third-order valence-corrected chi connectivity index (χ3v) is 3.93. The molecule has 2 aromatic carbocycles. The average Bonchev–Trinajstić information content (AvgIpc) is 3.36. The summed E-state index contributed by atoms with van der Waals surface area (Å²) in [4.78, 5) is 16.2. The molecule has 144 valence electrons. The van der Waals surface area contributed by atoms with Gasteiger partial charge in [0.2, 0.25) is 12.7 Å². The highest BCUT2D eigenvalue weighted by molar-refractivity contribution is 5.91. The molecule has 28 heavy (non-hydrogen) atoms. The Morgan fingerprint density at radius 3 is 2.82 bits per heavy atom. The molecular weight excluding hydrogens is 374 g/mol. The molecule has 1 aliphatic heterocycles. The number of nitrogens with zero attached hydrogens (tertiary/aromatic N) is 1. The largest absolute Gasteiger partial charge is 0.484 e. The fourth-order valence-electron chi connectivity index (χ4n) is 2.52. The predicted molar refractivity (Wildman–Crippen MR) is 90.9 cm³/mol. The van der Waals surface area contributed by atoms with E-state index in [1.807, 2.05) is 0 Å². The Hall–Kier alpha value is -3.62. The third-order valence-electron chi connectivity index (χ3n) is 3.93. The van der Waals surface area contributed by atoms with E-state index in [4.69, 9.17) is 18.6 Å². The normalized spacial score (nSPS) is 12.1. The summed E-state index contributed by atoms with van der Waals surface area (Å²) in [6, 6.07) is 8.52. The zero-order chi connectivity index (χ0) is 19.5. The van der Waals surface area contributed by atoms with E-state index in [1.165, 1.54) is 12.3 Å². The molecule has 0 aliphatic carbocycles. The van der Waals surface area contributed by atoms with Gasteiger partial charge in [-0.15, -0.1) is 0 Å². The number of hydrogen-bond acceptors (Lipinski definition) is 6. The van der Waals surface area contributed by atoms with Gasteiger partial charge in [0.15, 0.2) is 35.4 Å². The van der Waals surface area contributed by atoms with Crippen LogP contribution >= 0.6 is 0 Å². The highest BCUT2D eigenvalue weighted by atomic mass is 19.2. The summed E-state index contributed by atoms with van der Waals surface area (Å²) in [5.74, 6) is -0.467. The van der Waals surface area contributed by atoms with E-state index in [-0.39, 0.29) is 31.5 Å². The van der Waals surface area contributed by atoms with Gasteiger partial charge in [-0.1, -0.05) is 6.07 Å². The van der Waals surface area contributed by atoms with Crippen molar-refractivity contribution < 1.29 is 32.2 Å². The molecular formula is C19H14F2N2O5. The molecule has 0 bridgehead atoms. The number of carbonyl (C=O) groups is 1. The Labute approximate surface area is 157 Å². The Bertz CT molecular complexity index is 1020. The van der Waals surface area contributed by atoms with Crippen molar-refractivity contribution in [2.75, 3.05) is 6.79 Å². The van der Waals surface area contributed by atoms with Crippen molar-refractivity contribution in [3.05, 3.63) is 71.4 Å². The molecule has 0 atom stereocenters. The summed E-state index contributed by atoms with van der Waals surface area (Å²) in [6.07, 6.45) is 1.19. The second-order valence-electron chi connectivity index (χ2n) is 5.86. The Balaban J connectivity index is 1.32. The van der Waals surface area contributed by atoms with Gasteiger partial charge in [0.25, 0.3) is 5.91 Å². The average molecular weight is 388 g/mol. The van der Waals surface area contributed by atoms with Gasteiger partial charge in [-0.05, 0) is 29.8 Å². The molecule has 1 aromatic heterocycles. The molecule has 4 rings (SSSR count). The van der Waals surface area contributed by atoms with Crippen LogP contribution in [-0.2, 0) is 13.2 Å². The highest BCUT2D eigenvalue weighted by Crippen LogP contribution is 2.35. The zero-order valence-corrected chi connectivity index (χ0v) is 14.4. The fraction of sp³-hybridized carbons (Fsp3) is 0.158. The first-order chi connectivity index (χ1) is 13.6. The molecule has 0 spiro atoms. The molecule has 2 heterocycles. The molecule has 0 radical (unpaired) electrons. The van der Waals surface area contributed by atoms with Crippen LogP contribution < -0.4 is 19.5 Å². The van der Waals surface area contributed by atoms with Crippen LogP contribution in [0.2, 0.25) is 0 Å². The fourth-order valence-corrected chi connectivity index (χ4v) is 2.52. The zero-order valence-electron chi connectivity index (χ0n) is 14.4. The topological polar surface area (TPSA) is 82.8 Å². The molecule has 1 N–H and O–H groups in total.